The third-order valence-electron chi connectivity index (χ3n) is 3.75. The molecule has 0 bridgehead atoms. The maximum atomic E-state index is 11.9. The highest BCUT2D eigenvalue weighted by molar-refractivity contribution is 5.77. The van der Waals surface area contributed by atoms with Crippen LogP contribution in [0.25, 0.3) is 11.1 Å². The predicted octanol–water partition coefficient (Wildman–Crippen LogP) is 3.18. The highest BCUT2D eigenvalue weighted by atomic mass is 16.5. The van der Waals surface area contributed by atoms with E-state index in [1.54, 1.807) is 0 Å². The van der Waals surface area contributed by atoms with Gasteiger partial charge in [0, 0.05) is 13.5 Å². The molecule has 1 amide bonds. The molecule has 1 heterocycles. The van der Waals surface area contributed by atoms with Gasteiger partial charge in [-0.15, -0.1) is 0 Å². The van der Waals surface area contributed by atoms with Crippen LogP contribution in [0.5, 0.6) is 5.75 Å². The van der Waals surface area contributed by atoms with Crippen LogP contribution in [0.4, 0.5) is 0 Å². The highest BCUT2D eigenvalue weighted by Gasteiger charge is 2.06. The van der Waals surface area contributed by atoms with Crippen molar-refractivity contribution in [3.63, 3.8) is 0 Å². The average molecular weight is 324 g/mol. The molecule has 0 radical (unpaired) electrons. The standard InChI is InChI=1S/C19H20N2O3/c1-13-5-3-4-6-17(13)23-12-19(22)20-10-9-15-7-8-18-16(11-15)21-14(2)24-18/h3-8,11H,9-10,12H2,1-2H3,(H,20,22). The predicted molar refractivity (Wildman–Crippen MR) is 92.1 cm³/mol. The van der Waals surface area contributed by atoms with Gasteiger partial charge >= 0.3 is 0 Å². The fourth-order valence-corrected chi connectivity index (χ4v) is 2.50. The molecule has 0 unspecified atom stereocenters. The van der Waals surface area contributed by atoms with E-state index in [4.69, 9.17) is 9.15 Å². The van der Waals surface area contributed by atoms with Crippen LogP contribution in [-0.4, -0.2) is 24.0 Å². The third-order valence-corrected chi connectivity index (χ3v) is 3.75. The zero-order valence-corrected chi connectivity index (χ0v) is 13.8. The summed E-state index contributed by atoms with van der Waals surface area (Å²) in [6.07, 6.45) is 0.734. The minimum Gasteiger partial charge on any atom is -0.484 e. The van der Waals surface area contributed by atoms with Crippen LogP contribution < -0.4 is 10.1 Å². The first kappa shape index (κ1) is 16.1. The van der Waals surface area contributed by atoms with Crippen molar-refractivity contribution in [1.29, 1.82) is 0 Å². The number of nitrogens with zero attached hydrogens (tertiary/aromatic N) is 1. The van der Waals surface area contributed by atoms with Crippen molar-refractivity contribution < 1.29 is 13.9 Å². The molecule has 0 aliphatic carbocycles. The molecule has 0 saturated heterocycles. The SMILES string of the molecule is Cc1nc2cc(CCNC(=O)COc3ccccc3C)ccc2o1. The molecule has 2 aromatic carbocycles. The Morgan fingerprint density at radius 1 is 1.21 bits per heavy atom. The number of fused-ring (bicyclic) bond motifs is 1. The molecular formula is C19H20N2O3. The number of carbonyl (C=O) groups is 1. The van der Waals surface area contributed by atoms with Crippen molar-refractivity contribution in [2.45, 2.75) is 20.3 Å². The Hall–Kier alpha value is -2.82. The minimum atomic E-state index is -0.128. The van der Waals surface area contributed by atoms with E-state index in [2.05, 4.69) is 10.3 Å². The number of hydrogen-bond donors (Lipinski definition) is 1. The summed E-state index contributed by atoms with van der Waals surface area (Å²) >= 11 is 0. The topological polar surface area (TPSA) is 64.4 Å². The first-order valence-corrected chi connectivity index (χ1v) is 7.93. The molecule has 0 atom stereocenters. The van der Waals surface area contributed by atoms with Gasteiger partial charge in [0.15, 0.2) is 18.1 Å². The second-order valence-electron chi connectivity index (χ2n) is 5.69. The Morgan fingerprint density at radius 2 is 2.04 bits per heavy atom. The van der Waals surface area contributed by atoms with E-state index in [9.17, 15) is 4.79 Å². The maximum Gasteiger partial charge on any atom is 0.257 e. The molecule has 0 aliphatic rings. The van der Waals surface area contributed by atoms with Crippen LogP contribution in [0.3, 0.4) is 0 Å². The first-order chi connectivity index (χ1) is 11.6. The van der Waals surface area contributed by atoms with Crippen molar-refractivity contribution in [2.24, 2.45) is 0 Å². The zero-order chi connectivity index (χ0) is 16.9. The average Bonchev–Trinajstić information content (AvgIpc) is 2.93. The molecule has 3 rings (SSSR count). The summed E-state index contributed by atoms with van der Waals surface area (Å²) in [6, 6.07) is 13.5. The number of ether oxygens (including phenoxy) is 1. The van der Waals surface area contributed by atoms with Gasteiger partial charge in [0.05, 0.1) is 0 Å². The molecule has 5 nitrogen and oxygen atoms in total. The van der Waals surface area contributed by atoms with Gasteiger partial charge in [-0.05, 0) is 42.7 Å². The first-order valence-electron chi connectivity index (χ1n) is 7.93. The van der Waals surface area contributed by atoms with Crippen molar-refractivity contribution in [3.8, 4) is 5.75 Å². The van der Waals surface area contributed by atoms with Crippen molar-refractivity contribution in [2.75, 3.05) is 13.2 Å². The fourth-order valence-electron chi connectivity index (χ4n) is 2.50. The van der Waals surface area contributed by atoms with E-state index in [1.807, 2.05) is 56.3 Å². The van der Waals surface area contributed by atoms with Crippen molar-refractivity contribution in [1.82, 2.24) is 10.3 Å². The number of hydrogen-bond acceptors (Lipinski definition) is 4. The van der Waals surface area contributed by atoms with E-state index < -0.39 is 0 Å². The van der Waals surface area contributed by atoms with Gasteiger partial charge in [-0.1, -0.05) is 24.3 Å². The number of aromatic nitrogens is 1. The summed E-state index contributed by atoms with van der Waals surface area (Å²) in [4.78, 5) is 16.2. The van der Waals surface area contributed by atoms with Gasteiger partial charge in [0.25, 0.3) is 5.91 Å². The molecule has 0 saturated carbocycles. The molecule has 0 fully saturated rings. The largest absolute Gasteiger partial charge is 0.484 e. The number of aryl methyl sites for hydroxylation is 2. The summed E-state index contributed by atoms with van der Waals surface area (Å²) in [5, 5.41) is 2.87. The summed E-state index contributed by atoms with van der Waals surface area (Å²) in [5.74, 6) is 1.26. The minimum absolute atomic E-state index is 0.0202. The highest BCUT2D eigenvalue weighted by Crippen LogP contribution is 2.17. The van der Waals surface area contributed by atoms with E-state index in [0.29, 0.717) is 12.4 Å². The van der Waals surface area contributed by atoms with E-state index >= 15 is 0 Å². The van der Waals surface area contributed by atoms with Crippen LogP contribution in [0.1, 0.15) is 17.0 Å². The zero-order valence-electron chi connectivity index (χ0n) is 13.8. The number of carbonyl (C=O) groups excluding carboxylic acids is 1. The van der Waals surface area contributed by atoms with Crippen LogP contribution in [0.2, 0.25) is 0 Å². The lowest BCUT2D eigenvalue weighted by Crippen LogP contribution is -2.30. The number of benzene rings is 2. The normalized spacial score (nSPS) is 10.8. The Morgan fingerprint density at radius 3 is 2.88 bits per heavy atom. The summed E-state index contributed by atoms with van der Waals surface area (Å²) < 4.78 is 11.0. The molecule has 3 aromatic rings. The van der Waals surface area contributed by atoms with E-state index in [0.717, 1.165) is 34.4 Å². The van der Waals surface area contributed by atoms with Crippen LogP contribution >= 0.6 is 0 Å². The molecule has 5 heteroatoms. The fraction of sp³-hybridized carbons (Fsp3) is 0.263. The Bertz CT molecular complexity index is 855. The van der Waals surface area contributed by atoms with Crippen LogP contribution in [0, 0.1) is 13.8 Å². The van der Waals surface area contributed by atoms with Gasteiger partial charge < -0.3 is 14.5 Å². The second kappa shape index (κ2) is 7.17. The summed E-state index contributed by atoms with van der Waals surface area (Å²) in [7, 11) is 0. The molecule has 1 aromatic heterocycles. The Labute approximate surface area is 140 Å². The van der Waals surface area contributed by atoms with Crippen LogP contribution in [0.15, 0.2) is 46.9 Å². The maximum absolute atomic E-state index is 11.9. The molecule has 0 aliphatic heterocycles. The molecule has 0 spiro atoms. The summed E-state index contributed by atoms with van der Waals surface area (Å²) in [6.45, 7) is 4.36. The lowest BCUT2D eigenvalue weighted by atomic mass is 10.1. The molecule has 24 heavy (non-hydrogen) atoms. The van der Waals surface area contributed by atoms with E-state index in [1.165, 1.54) is 0 Å². The van der Waals surface area contributed by atoms with Gasteiger partial charge in [-0.3, -0.25) is 4.79 Å². The molecule has 124 valence electrons. The van der Waals surface area contributed by atoms with Crippen LogP contribution in [-0.2, 0) is 11.2 Å². The number of nitrogens with one attached hydrogen (secondary N) is 1. The van der Waals surface area contributed by atoms with Gasteiger partial charge in [-0.2, -0.15) is 0 Å². The Balaban J connectivity index is 1.46. The number of para-hydroxylation sites is 1. The van der Waals surface area contributed by atoms with Crippen molar-refractivity contribution >= 4 is 17.0 Å². The monoisotopic (exact) mass is 324 g/mol. The quantitative estimate of drug-likeness (QED) is 0.756. The van der Waals surface area contributed by atoms with Crippen molar-refractivity contribution in [3.05, 3.63) is 59.5 Å². The smallest absolute Gasteiger partial charge is 0.257 e. The number of amides is 1. The second-order valence-corrected chi connectivity index (χ2v) is 5.69. The number of rotatable bonds is 6. The Kier molecular flexibility index (Phi) is 4.79. The number of oxazole rings is 1. The summed E-state index contributed by atoms with van der Waals surface area (Å²) in [5.41, 5.74) is 3.75. The van der Waals surface area contributed by atoms with Gasteiger partial charge in [-0.25, -0.2) is 4.98 Å². The molecular weight excluding hydrogens is 304 g/mol. The molecule has 1 N–H and O–H groups in total. The lowest BCUT2D eigenvalue weighted by molar-refractivity contribution is -0.123. The third kappa shape index (κ3) is 3.93. The lowest BCUT2D eigenvalue weighted by Gasteiger charge is -2.09. The van der Waals surface area contributed by atoms with Gasteiger partial charge in [0.2, 0.25) is 0 Å². The van der Waals surface area contributed by atoms with Gasteiger partial charge in [0.1, 0.15) is 11.3 Å². The van der Waals surface area contributed by atoms with E-state index in [-0.39, 0.29) is 12.5 Å².